The summed E-state index contributed by atoms with van der Waals surface area (Å²) < 4.78 is 0. The van der Waals surface area contributed by atoms with Crippen LogP contribution in [0.3, 0.4) is 0 Å². The first-order chi connectivity index (χ1) is 7.27. The van der Waals surface area contributed by atoms with Gasteiger partial charge in [0.25, 0.3) is 0 Å². The van der Waals surface area contributed by atoms with E-state index in [0.717, 1.165) is 18.4 Å². The van der Waals surface area contributed by atoms with Crippen LogP contribution in [0.1, 0.15) is 28.9 Å². The molecule has 0 N–H and O–H groups in total. The Bertz CT molecular complexity index is 449. The van der Waals surface area contributed by atoms with Gasteiger partial charge in [0.2, 0.25) is 0 Å². The summed E-state index contributed by atoms with van der Waals surface area (Å²) in [6, 6.07) is 3.70. The van der Waals surface area contributed by atoms with Crippen molar-refractivity contribution in [2.45, 2.75) is 19.3 Å². The van der Waals surface area contributed by atoms with Gasteiger partial charge in [-0.25, -0.2) is 0 Å². The predicted octanol–water partition coefficient (Wildman–Crippen LogP) is 1.42. The summed E-state index contributed by atoms with van der Waals surface area (Å²) in [4.78, 5) is 27.8. The standard InChI is InChI=1S/C12H11NO2/c14-11(7-3-4-7)9-6-8-2-1-5-13-10(8)12(9)15/h1-2,5,7,9H,3-4,6H2. The van der Waals surface area contributed by atoms with Crippen molar-refractivity contribution in [2.24, 2.45) is 11.8 Å². The Morgan fingerprint density at radius 2 is 2.20 bits per heavy atom. The highest BCUT2D eigenvalue weighted by Crippen LogP contribution is 2.36. The van der Waals surface area contributed by atoms with Gasteiger partial charge in [-0.2, -0.15) is 0 Å². The van der Waals surface area contributed by atoms with Gasteiger partial charge in [-0.05, 0) is 30.9 Å². The Balaban J connectivity index is 1.92. The van der Waals surface area contributed by atoms with Gasteiger partial charge in [0, 0.05) is 12.1 Å². The van der Waals surface area contributed by atoms with Crippen LogP contribution in [0.15, 0.2) is 18.3 Å². The van der Waals surface area contributed by atoms with E-state index in [1.54, 1.807) is 6.20 Å². The first-order valence-corrected chi connectivity index (χ1v) is 5.29. The van der Waals surface area contributed by atoms with E-state index >= 15 is 0 Å². The molecule has 0 aromatic carbocycles. The zero-order valence-electron chi connectivity index (χ0n) is 8.27. The van der Waals surface area contributed by atoms with Crippen molar-refractivity contribution >= 4 is 11.6 Å². The molecule has 1 saturated carbocycles. The SMILES string of the molecule is O=C1c2ncccc2CC1C(=O)C1CC1. The van der Waals surface area contributed by atoms with E-state index in [1.807, 2.05) is 12.1 Å². The van der Waals surface area contributed by atoms with Crippen LogP contribution >= 0.6 is 0 Å². The van der Waals surface area contributed by atoms with E-state index in [9.17, 15) is 9.59 Å². The molecule has 0 aliphatic heterocycles. The maximum atomic E-state index is 11.9. The van der Waals surface area contributed by atoms with Gasteiger partial charge in [0.05, 0.1) is 5.92 Å². The molecule has 0 bridgehead atoms. The molecular weight excluding hydrogens is 190 g/mol. The Morgan fingerprint density at radius 3 is 2.87 bits per heavy atom. The fourth-order valence-electron chi connectivity index (χ4n) is 2.18. The lowest BCUT2D eigenvalue weighted by Crippen LogP contribution is -2.22. The third-order valence-corrected chi connectivity index (χ3v) is 3.19. The van der Waals surface area contributed by atoms with Crippen LogP contribution in [-0.2, 0) is 11.2 Å². The van der Waals surface area contributed by atoms with Crippen LogP contribution in [0, 0.1) is 11.8 Å². The Hall–Kier alpha value is -1.51. The highest BCUT2D eigenvalue weighted by Gasteiger charge is 2.42. The monoisotopic (exact) mass is 201 g/mol. The molecule has 3 rings (SSSR count). The van der Waals surface area contributed by atoms with Gasteiger partial charge in [0.15, 0.2) is 5.78 Å². The molecular formula is C12H11NO2. The fourth-order valence-corrected chi connectivity index (χ4v) is 2.18. The van der Waals surface area contributed by atoms with Crippen LogP contribution < -0.4 is 0 Å². The second-order valence-corrected chi connectivity index (χ2v) is 4.31. The molecule has 0 spiro atoms. The van der Waals surface area contributed by atoms with Crippen molar-refractivity contribution in [2.75, 3.05) is 0 Å². The highest BCUT2D eigenvalue weighted by molar-refractivity contribution is 6.13. The zero-order valence-corrected chi connectivity index (χ0v) is 8.27. The highest BCUT2D eigenvalue weighted by atomic mass is 16.2. The van der Waals surface area contributed by atoms with Crippen LogP contribution in [0.4, 0.5) is 0 Å². The van der Waals surface area contributed by atoms with Crippen LogP contribution in [0.5, 0.6) is 0 Å². The molecule has 2 aliphatic rings. The van der Waals surface area contributed by atoms with Crippen molar-refractivity contribution in [3.63, 3.8) is 0 Å². The van der Waals surface area contributed by atoms with E-state index in [2.05, 4.69) is 4.98 Å². The second-order valence-electron chi connectivity index (χ2n) is 4.31. The van der Waals surface area contributed by atoms with Crippen LogP contribution in [0.25, 0.3) is 0 Å². The van der Waals surface area contributed by atoms with Gasteiger partial charge >= 0.3 is 0 Å². The number of hydrogen-bond donors (Lipinski definition) is 0. The van der Waals surface area contributed by atoms with E-state index in [-0.39, 0.29) is 17.5 Å². The normalized spacial score (nSPS) is 24.0. The number of pyridine rings is 1. The number of Topliss-reactive ketones (excluding diaryl/α,β-unsaturated/α-hetero) is 2. The van der Waals surface area contributed by atoms with E-state index < -0.39 is 5.92 Å². The summed E-state index contributed by atoms with van der Waals surface area (Å²) in [6.45, 7) is 0. The van der Waals surface area contributed by atoms with E-state index in [4.69, 9.17) is 0 Å². The Labute approximate surface area is 87.5 Å². The smallest absolute Gasteiger partial charge is 0.192 e. The number of hydrogen-bond acceptors (Lipinski definition) is 3. The summed E-state index contributed by atoms with van der Waals surface area (Å²) in [7, 11) is 0. The topological polar surface area (TPSA) is 47.0 Å². The molecule has 76 valence electrons. The van der Waals surface area contributed by atoms with Gasteiger partial charge in [-0.3, -0.25) is 14.6 Å². The minimum absolute atomic E-state index is 0.0671. The number of aromatic nitrogens is 1. The third kappa shape index (κ3) is 1.30. The molecule has 1 atom stereocenters. The lowest BCUT2D eigenvalue weighted by atomic mass is 9.97. The predicted molar refractivity (Wildman–Crippen MR) is 53.5 cm³/mol. The van der Waals surface area contributed by atoms with Crippen molar-refractivity contribution in [3.8, 4) is 0 Å². The molecule has 0 amide bonds. The van der Waals surface area contributed by atoms with Crippen molar-refractivity contribution in [1.82, 2.24) is 4.98 Å². The van der Waals surface area contributed by atoms with Gasteiger partial charge < -0.3 is 0 Å². The summed E-state index contributed by atoms with van der Waals surface area (Å²) in [5.74, 6) is -0.198. The number of nitrogens with zero attached hydrogens (tertiary/aromatic N) is 1. The molecule has 1 aromatic heterocycles. The quantitative estimate of drug-likeness (QED) is 0.680. The fraction of sp³-hybridized carbons (Fsp3) is 0.417. The first kappa shape index (κ1) is 8.77. The van der Waals surface area contributed by atoms with E-state index in [1.165, 1.54) is 0 Å². The Kier molecular flexibility index (Phi) is 1.75. The number of carbonyl (C=O) groups excluding carboxylic acids is 2. The molecule has 15 heavy (non-hydrogen) atoms. The van der Waals surface area contributed by atoms with E-state index in [0.29, 0.717) is 12.1 Å². The molecule has 0 radical (unpaired) electrons. The molecule has 1 unspecified atom stereocenters. The number of fused-ring (bicyclic) bond motifs is 1. The zero-order chi connectivity index (χ0) is 10.4. The number of rotatable bonds is 2. The minimum Gasteiger partial charge on any atom is -0.299 e. The molecule has 3 nitrogen and oxygen atoms in total. The van der Waals surface area contributed by atoms with Crippen molar-refractivity contribution in [1.29, 1.82) is 0 Å². The first-order valence-electron chi connectivity index (χ1n) is 5.29. The van der Waals surface area contributed by atoms with Crippen molar-refractivity contribution in [3.05, 3.63) is 29.6 Å². The van der Waals surface area contributed by atoms with Crippen molar-refractivity contribution < 1.29 is 9.59 Å². The average molecular weight is 201 g/mol. The lowest BCUT2D eigenvalue weighted by molar-refractivity contribution is -0.122. The Morgan fingerprint density at radius 1 is 1.40 bits per heavy atom. The lowest BCUT2D eigenvalue weighted by Gasteiger charge is -2.03. The number of ketones is 2. The molecule has 1 fully saturated rings. The maximum absolute atomic E-state index is 11.9. The molecule has 1 aromatic rings. The van der Waals surface area contributed by atoms with Gasteiger partial charge in [0.1, 0.15) is 11.5 Å². The molecule has 0 saturated heterocycles. The van der Waals surface area contributed by atoms with Crippen LogP contribution in [-0.4, -0.2) is 16.6 Å². The largest absolute Gasteiger partial charge is 0.299 e. The minimum atomic E-state index is -0.428. The summed E-state index contributed by atoms with van der Waals surface area (Å²) in [6.07, 6.45) is 4.11. The van der Waals surface area contributed by atoms with Gasteiger partial charge in [-0.1, -0.05) is 6.07 Å². The second kappa shape index (κ2) is 2.99. The van der Waals surface area contributed by atoms with Gasteiger partial charge in [-0.15, -0.1) is 0 Å². The molecule has 1 heterocycles. The summed E-state index contributed by atoms with van der Waals surface area (Å²) in [5, 5.41) is 0. The number of carbonyl (C=O) groups is 2. The average Bonchev–Trinajstić information content (AvgIpc) is 3.04. The molecule has 3 heteroatoms. The summed E-state index contributed by atoms with van der Waals surface area (Å²) >= 11 is 0. The maximum Gasteiger partial charge on any atom is 0.192 e. The van der Waals surface area contributed by atoms with Crippen LogP contribution in [0.2, 0.25) is 0 Å². The third-order valence-electron chi connectivity index (χ3n) is 3.19. The summed E-state index contributed by atoms with van der Waals surface area (Å²) in [5.41, 5.74) is 1.44. The molecule has 2 aliphatic carbocycles.